The summed E-state index contributed by atoms with van der Waals surface area (Å²) in [6.45, 7) is -0.590. The van der Waals surface area contributed by atoms with Crippen molar-refractivity contribution in [3.63, 3.8) is 0 Å². The number of aliphatic hydroxyl groups excluding tert-OH is 1. The van der Waals surface area contributed by atoms with Gasteiger partial charge in [-0.1, -0.05) is 41.4 Å². The molecule has 2 aromatic rings. The lowest BCUT2D eigenvalue weighted by Crippen LogP contribution is -2.40. The van der Waals surface area contributed by atoms with Gasteiger partial charge < -0.3 is 19.7 Å². The molecule has 25 heavy (non-hydrogen) atoms. The zero-order valence-corrected chi connectivity index (χ0v) is 14.6. The average Bonchev–Trinajstić information content (AvgIpc) is 2.91. The molecule has 2 unspecified atom stereocenters. The minimum absolute atomic E-state index is 0.198. The van der Waals surface area contributed by atoms with Gasteiger partial charge in [-0.15, -0.1) is 0 Å². The van der Waals surface area contributed by atoms with Gasteiger partial charge in [-0.3, -0.25) is 4.79 Å². The Hall–Kier alpha value is -1.79. The van der Waals surface area contributed by atoms with E-state index in [9.17, 15) is 15.0 Å². The van der Waals surface area contributed by atoms with E-state index in [-0.39, 0.29) is 13.2 Å². The van der Waals surface area contributed by atoms with Crippen LogP contribution in [-0.2, 0) is 16.1 Å². The van der Waals surface area contributed by atoms with Crippen molar-refractivity contribution in [2.24, 2.45) is 0 Å². The number of halogens is 2. The van der Waals surface area contributed by atoms with E-state index in [2.05, 4.69) is 0 Å². The standard InChI is InChI=1S/C18H16Cl2O5/c19-14-2-1-3-15(20)13(14)8-24-12-6-4-11(5-7-12)16-17(22)25-10-18(16,23)9-21/h1-7,16,21,23H,8-10H2. The largest absolute Gasteiger partial charge is 0.489 e. The topological polar surface area (TPSA) is 76.0 Å². The van der Waals surface area contributed by atoms with Crippen molar-refractivity contribution >= 4 is 29.2 Å². The fourth-order valence-corrected chi connectivity index (χ4v) is 3.25. The summed E-state index contributed by atoms with van der Waals surface area (Å²) in [7, 11) is 0. The Labute approximate surface area is 154 Å². The van der Waals surface area contributed by atoms with Gasteiger partial charge in [0.15, 0.2) is 0 Å². The number of benzene rings is 2. The summed E-state index contributed by atoms with van der Waals surface area (Å²) in [6.07, 6.45) is 0. The van der Waals surface area contributed by atoms with Crippen LogP contribution in [0.25, 0.3) is 0 Å². The maximum absolute atomic E-state index is 11.9. The van der Waals surface area contributed by atoms with E-state index in [1.807, 2.05) is 0 Å². The van der Waals surface area contributed by atoms with Crippen LogP contribution in [-0.4, -0.2) is 35.0 Å². The number of carbonyl (C=O) groups excluding carboxylic acids is 1. The van der Waals surface area contributed by atoms with Gasteiger partial charge in [0, 0.05) is 15.6 Å². The lowest BCUT2D eigenvalue weighted by Gasteiger charge is -2.23. The molecular weight excluding hydrogens is 367 g/mol. The second kappa shape index (κ2) is 7.22. The molecule has 0 aliphatic carbocycles. The third-order valence-corrected chi connectivity index (χ3v) is 4.88. The molecule has 2 N–H and O–H groups in total. The molecule has 0 saturated carbocycles. The van der Waals surface area contributed by atoms with E-state index in [4.69, 9.17) is 32.7 Å². The van der Waals surface area contributed by atoms with Gasteiger partial charge in [-0.25, -0.2) is 0 Å². The Kier molecular flexibility index (Phi) is 5.20. The van der Waals surface area contributed by atoms with Gasteiger partial charge in [0.2, 0.25) is 0 Å². The van der Waals surface area contributed by atoms with Gasteiger partial charge in [-0.05, 0) is 29.8 Å². The zero-order chi connectivity index (χ0) is 18.0. The number of hydrogen-bond acceptors (Lipinski definition) is 5. The molecule has 2 aromatic carbocycles. The van der Waals surface area contributed by atoms with Crippen LogP contribution in [0.3, 0.4) is 0 Å². The Morgan fingerprint density at radius 1 is 1.16 bits per heavy atom. The van der Waals surface area contributed by atoms with Crippen molar-refractivity contribution in [3.8, 4) is 5.75 Å². The van der Waals surface area contributed by atoms with Crippen LogP contribution < -0.4 is 4.74 Å². The van der Waals surface area contributed by atoms with E-state index in [0.29, 0.717) is 26.9 Å². The number of ether oxygens (including phenoxy) is 2. The zero-order valence-electron chi connectivity index (χ0n) is 13.1. The van der Waals surface area contributed by atoms with Crippen LogP contribution in [0.1, 0.15) is 17.0 Å². The van der Waals surface area contributed by atoms with Gasteiger partial charge in [0.25, 0.3) is 0 Å². The minimum Gasteiger partial charge on any atom is -0.489 e. The second-order valence-corrected chi connectivity index (χ2v) is 6.67. The molecule has 1 aliphatic heterocycles. The molecule has 3 rings (SSSR count). The van der Waals surface area contributed by atoms with Crippen LogP contribution >= 0.6 is 23.2 Å². The summed E-state index contributed by atoms with van der Waals surface area (Å²) < 4.78 is 10.6. The fourth-order valence-electron chi connectivity index (χ4n) is 2.75. The van der Waals surface area contributed by atoms with E-state index in [1.54, 1.807) is 42.5 Å². The summed E-state index contributed by atoms with van der Waals surface area (Å²) in [5.74, 6) is -0.934. The van der Waals surface area contributed by atoms with Gasteiger partial charge >= 0.3 is 5.97 Å². The number of cyclic esters (lactones) is 1. The minimum atomic E-state index is -1.61. The Bertz CT molecular complexity index is 757. The van der Waals surface area contributed by atoms with Crippen molar-refractivity contribution in [2.45, 2.75) is 18.1 Å². The first-order chi connectivity index (χ1) is 11.9. The van der Waals surface area contributed by atoms with Gasteiger partial charge in [-0.2, -0.15) is 0 Å². The summed E-state index contributed by atoms with van der Waals surface area (Å²) >= 11 is 12.2. The van der Waals surface area contributed by atoms with Crippen LogP contribution in [0.5, 0.6) is 5.75 Å². The maximum atomic E-state index is 11.9. The van der Waals surface area contributed by atoms with E-state index in [0.717, 1.165) is 0 Å². The molecule has 2 atom stereocenters. The Morgan fingerprint density at radius 3 is 2.40 bits per heavy atom. The molecule has 0 aromatic heterocycles. The van der Waals surface area contributed by atoms with Crippen molar-refractivity contribution in [1.82, 2.24) is 0 Å². The van der Waals surface area contributed by atoms with Gasteiger partial charge in [0.05, 0.1) is 6.61 Å². The van der Waals surface area contributed by atoms with Crippen LogP contribution in [0.4, 0.5) is 0 Å². The smallest absolute Gasteiger partial charge is 0.316 e. The predicted octanol–water partition coefficient (Wildman–Crippen LogP) is 2.94. The number of hydrogen-bond donors (Lipinski definition) is 2. The van der Waals surface area contributed by atoms with E-state index < -0.39 is 24.1 Å². The third-order valence-electron chi connectivity index (χ3n) is 4.17. The van der Waals surface area contributed by atoms with Crippen LogP contribution in [0, 0.1) is 0 Å². The number of rotatable bonds is 5. The Morgan fingerprint density at radius 2 is 1.80 bits per heavy atom. The predicted molar refractivity (Wildman–Crippen MR) is 93.0 cm³/mol. The molecule has 0 spiro atoms. The number of esters is 1. The van der Waals surface area contributed by atoms with Crippen LogP contribution in [0.2, 0.25) is 10.0 Å². The molecule has 1 fully saturated rings. The van der Waals surface area contributed by atoms with Crippen molar-refractivity contribution < 1.29 is 24.5 Å². The number of aliphatic hydroxyl groups is 2. The first-order valence-electron chi connectivity index (χ1n) is 7.60. The molecule has 7 heteroatoms. The van der Waals surface area contributed by atoms with Crippen molar-refractivity contribution in [1.29, 1.82) is 0 Å². The highest BCUT2D eigenvalue weighted by Crippen LogP contribution is 2.36. The molecule has 132 valence electrons. The van der Waals surface area contributed by atoms with Crippen molar-refractivity contribution in [2.75, 3.05) is 13.2 Å². The molecule has 1 saturated heterocycles. The highest BCUT2D eigenvalue weighted by atomic mass is 35.5. The SMILES string of the molecule is O=C1OCC(O)(CO)C1c1ccc(OCc2c(Cl)cccc2Cl)cc1. The monoisotopic (exact) mass is 382 g/mol. The lowest BCUT2D eigenvalue weighted by atomic mass is 9.85. The second-order valence-electron chi connectivity index (χ2n) is 5.86. The molecule has 1 heterocycles. The molecule has 0 radical (unpaired) electrons. The lowest BCUT2D eigenvalue weighted by molar-refractivity contribution is -0.139. The van der Waals surface area contributed by atoms with Crippen LogP contribution in [0.15, 0.2) is 42.5 Å². The summed E-state index contributed by atoms with van der Waals surface area (Å²) in [4.78, 5) is 11.9. The normalized spacial score (nSPS) is 22.7. The molecular formula is C18H16Cl2O5. The molecule has 0 bridgehead atoms. The quantitative estimate of drug-likeness (QED) is 0.777. The maximum Gasteiger partial charge on any atom is 0.316 e. The van der Waals surface area contributed by atoms with E-state index >= 15 is 0 Å². The Balaban J connectivity index is 1.74. The summed E-state index contributed by atoms with van der Waals surface area (Å²) in [5, 5.41) is 20.7. The van der Waals surface area contributed by atoms with E-state index in [1.165, 1.54) is 0 Å². The highest BCUT2D eigenvalue weighted by Gasteiger charge is 2.49. The molecule has 1 aliphatic rings. The molecule has 0 amide bonds. The number of carbonyl (C=O) groups is 1. The highest BCUT2D eigenvalue weighted by molar-refractivity contribution is 6.35. The summed E-state index contributed by atoms with van der Waals surface area (Å²) in [6, 6.07) is 11.9. The summed E-state index contributed by atoms with van der Waals surface area (Å²) in [5.41, 5.74) is -0.379. The fraction of sp³-hybridized carbons (Fsp3) is 0.278. The molecule has 5 nitrogen and oxygen atoms in total. The first kappa shape index (κ1) is 18.0. The first-order valence-corrected chi connectivity index (χ1v) is 8.36. The average molecular weight is 383 g/mol. The third kappa shape index (κ3) is 3.60. The van der Waals surface area contributed by atoms with Crippen molar-refractivity contribution in [3.05, 3.63) is 63.6 Å². The van der Waals surface area contributed by atoms with Gasteiger partial charge in [0.1, 0.15) is 30.5 Å².